The second kappa shape index (κ2) is 4.14. The lowest BCUT2D eigenvalue weighted by Gasteiger charge is -2.33. The zero-order valence-corrected chi connectivity index (χ0v) is 8.78. The van der Waals surface area contributed by atoms with Gasteiger partial charge in [0.05, 0.1) is 13.2 Å². The lowest BCUT2D eigenvalue weighted by molar-refractivity contribution is -0.260. The lowest BCUT2D eigenvalue weighted by Crippen LogP contribution is -2.43. The Labute approximate surface area is 93.7 Å². The van der Waals surface area contributed by atoms with Crippen LogP contribution in [-0.4, -0.2) is 36.6 Å². The SMILES string of the molecule is O[C@@H]1CO[C@H](c2ccccc2)O[C@@H]1[C@H]1CO1. The summed E-state index contributed by atoms with van der Waals surface area (Å²) in [5.41, 5.74) is 0.972. The smallest absolute Gasteiger partial charge is 0.184 e. The molecule has 2 saturated heterocycles. The molecule has 16 heavy (non-hydrogen) atoms. The average Bonchev–Trinajstić information content (AvgIpc) is 3.15. The van der Waals surface area contributed by atoms with E-state index in [9.17, 15) is 5.11 Å². The molecule has 0 saturated carbocycles. The van der Waals surface area contributed by atoms with Crippen molar-refractivity contribution in [2.24, 2.45) is 0 Å². The topological polar surface area (TPSA) is 51.2 Å². The van der Waals surface area contributed by atoms with E-state index in [0.717, 1.165) is 5.56 Å². The number of hydrogen-bond donors (Lipinski definition) is 1. The Morgan fingerprint density at radius 3 is 2.50 bits per heavy atom. The Hall–Kier alpha value is -0.940. The van der Waals surface area contributed by atoms with Crippen molar-refractivity contribution in [1.29, 1.82) is 0 Å². The van der Waals surface area contributed by atoms with E-state index >= 15 is 0 Å². The van der Waals surface area contributed by atoms with Crippen molar-refractivity contribution < 1.29 is 19.3 Å². The molecule has 2 heterocycles. The highest BCUT2D eigenvalue weighted by molar-refractivity contribution is 5.16. The van der Waals surface area contributed by atoms with Gasteiger partial charge in [0.25, 0.3) is 0 Å². The molecule has 4 nitrogen and oxygen atoms in total. The summed E-state index contributed by atoms with van der Waals surface area (Å²) in [6.45, 7) is 0.966. The largest absolute Gasteiger partial charge is 0.388 e. The van der Waals surface area contributed by atoms with Crippen LogP contribution in [0.3, 0.4) is 0 Å². The highest BCUT2D eigenvalue weighted by Crippen LogP contribution is 2.31. The fourth-order valence-corrected chi connectivity index (χ4v) is 1.92. The van der Waals surface area contributed by atoms with Crippen LogP contribution in [0.1, 0.15) is 11.9 Å². The predicted molar refractivity (Wildman–Crippen MR) is 55.8 cm³/mol. The summed E-state index contributed by atoms with van der Waals surface area (Å²) in [4.78, 5) is 0. The molecule has 4 heteroatoms. The van der Waals surface area contributed by atoms with Crippen molar-refractivity contribution in [2.75, 3.05) is 13.2 Å². The minimum atomic E-state index is -0.590. The molecule has 0 aromatic heterocycles. The van der Waals surface area contributed by atoms with Gasteiger partial charge in [-0.1, -0.05) is 30.3 Å². The molecule has 0 unspecified atom stereocenters. The first-order valence-corrected chi connectivity index (χ1v) is 5.46. The molecular formula is C12H14O4. The molecule has 0 bridgehead atoms. The summed E-state index contributed by atoms with van der Waals surface area (Å²) in [5, 5.41) is 9.71. The van der Waals surface area contributed by atoms with E-state index in [1.165, 1.54) is 0 Å². The number of aliphatic hydroxyl groups is 1. The number of hydrogen-bond acceptors (Lipinski definition) is 4. The normalized spacial score (nSPS) is 38.3. The minimum Gasteiger partial charge on any atom is -0.388 e. The van der Waals surface area contributed by atoms with E-state index in [2.05, 4.69) is 0 Å². The van der Waals surface area contributed by atoms with E-state index in [-0.39, 0.29) is 12.2 Å². The first-order chi connectivity index (χ1) is 7.84. The molecule has 0 amide bonds. The molecule has 0 radical (unpaired) electrons. The van der Waals surface area contributed by atoms with Gasteiger partial charge in [0, 0.05) is 5.56 Å². The molecule has 0 aliphatic carbocycles. The van der Waals surface area contributed by atoms with E-state index in [0.29, 0.717) is 13.2 Å². The number of epoxide rings is 1. The van der Waals surface area contributed by atoms with Gasteiger partial charge in [-0.05, 0) is 0 Å². The van der Waals surface area contributed by atoms with Crippen LogP contribution in [0.4, 0.5) is 0 Å². The van der Waals surface area contributed by atoms with Crippen LogP contribution in [0.15, 0.2) is 30.3 Å². The van der Waals surface area contributed by atoms with Gasteiger partial charge in [-0.2, -0.15) is 0 Å². The fourth-order valence-electron chi connectivity index (χ4n) is 1.92. The summed E-state index contributed by atoms with van der Waals surface area (Å²) < 4.78 is 16.3. The van der Waals surface area contributed by atoms with Crippen LogP contribution in [0, 0.1) is 0 Å². The Balaban J connectivity index is 1.73. The Morgan fingerprint density at radius 2 is 1.81 bits per heavy atom. The van der Waals surface area contributed by atoms with Crippen LogP contribution < -0.4 is 0 Å². The van der Waals surface area contributed by atoms with Gasteiger partial charge in [-0.3, -0.25) is 0 Å². The van der Waals surface area contributed by atoms with Crippen LogP contribution in [0.25, 0.3) is 0 Å². The monoisotopic (exact) mass is 222 g/mol. The number of benzene rings is 1. The number of rotatable bonds is 2. The third-order valence-corrected chi connectivity index (χ3v) is 2.88. The van der Waals surface area contributed by atoms with E-state index in [1.807, 2.05) is 30.3 Å². The van der Waals surface area contributed by atoms with E-state index < -0.39 is 12.4 Å². The summed E-state index contributed by atoms with van der Waals surface area (Å²) in [7, 11) is 0. The Kier molecular flexibility index (Phi) is 2.65. The molecule has 2 fully saturated rings. The van der Waals surface area contributed by atoms with Crippen LogP contribution in [0.5, 0.6) is 0 Å². The van der Waals surface area contributed by atoms with Gasteiger partial charge in [0.1, 0.15) is 18.3 Å². The molecular weight excluding hydrogens is 208 g/mol. The lowest BCUT2D eigenvalue weighted by atomic mass is 10.1. The van der Waals surface area contributed by atoms with Gasteiger partial charge >= 0.3 is 0 Å². The third-order valence-electron chi connectivity index (χ3n) is 2.88. The van der Waals surface area contributed by atoms with Gasteiger partial charge in [0.15, 0.2) is 6.29 Å². The fraction of sp³-hybridized carbons (Fsp3) is 0.500. The minimum absolute atomic E-state index is 0.0325. The first kappa shape index (κ1) is 10.2. The van der Waals surface area contributed by atoms with Crippen molar-refractivity contribution in [1.82, 2.24) is 0 Å². The first-order valence-electron chi connectivity index (χ1n) is 5.46. The zero-order valence-electron chi connectivity index (χ0n) is 8.78. The molecule has 3 rings (SSSR count). The van der Waals surface area contributed by atoms with Crippen molar-refractivity contribution in [2.45, 2.75) is 24.6 Å². The maximum absolute atomic E-state index is 9.71. The second-order valence-electron chi connectivity index (χ2n) is 4.12. The molecule has 86 valence electrons. The van der Waals surface area contributed by atoms with Crippen LogP contribution in [0.2, 0.25) is 0 Å². The maximum Gasteiger partial charge on any atom is 0.184 e. The summed E-state index contributed by atoms with van der Waals surface area (Å²) in [5.74, 6) is 0. The van der Waals surface area contributed by atoms with Crippen LogP contribution in [-0.2, 0) is 14.2 Å². The summed E-state index contributed by atoms with van der Waals surface area (Å²) >= 11 is 0. The maximum atomic E-state index is 9.71. The van der Waals surface area contributed by atoms with Crippen LogP contribution >= 0.6 is 0 Å². The summed E-state index contributed by atoms with van der Waals surface area (Å²) in [6.07, 6.45) is -1.21. The van der Waals surface area contributed by atoms with Gasteiger partial charge in [0.2, 0.25) is 0 Å². The third kappa shape index (κ3) is 1.97. The highest BCUT2D eigenvalue weighted by Gasteiger charge is 2.43. The van der Waals surface area contributed by atoms with Gasteiger partial charge in [-0.15, -0.1) is 0 Å². The Bertz CT molecular complexity index is 349. The van der Waals surface area contributed by atoms with Gasteiger partial charge < -0.3 is 19.3 Å². The molecule has 0 spiro atoms. The van der Waals surface area contributed by atoms with E-state index in [1.54, 1.807) is 0 Å². The van der Waals surface area contributed by atoms with Crippen molar-refractivity contribution in [3.05, 3.63) is 35.9 Å². The summed E-state index contributed by atoms with van der Waals surface area (Å²) in [6, 6.07) is 9.73. The highest BCUT2D eigenvalue weighted by atomic mass is 16.7. The molecule has 4 atom stereocenters. The molecule has 1 aromatic rings. The van der Waals surface area contributed by atoms with Crippen molar-refractivity contribution >= 4 is 0 Å². The van der Waals surface area contributed by atoms with Crippen molar-refractivity contribution in [3.8, 4) is 0 Å². The molecule has 1 N–H and O–H groups in total. The average molecular weight is 222 g/mol. The van der Waals surface area contributed by atoms with Gasteiger partial charge in [-0.25, -0.2) is 0 Å². The van der Waals surface area contributed by atoms with E-state index in [4.69, 9.17) is 14.2 Å². The number of aliphatic hydroxyl groups excluding tert-OH is 1. The Morgan fingerprint density at radius 1 is 1.06 bits per heavy atom. The molecule has 2 aliphatic heterocycles. The second-order valence-corrected chi connectivity index (χ2v) is 4.12. The number of ether oxygens (including phenoxy) is 3. The molecule has 2 aliphatic rings. The standard InChI is InChI=1S/C12H14O4/c13-9-6-15-12(8-4-2-1-3-5-8)16-11(9)10-7-14-10/h1-5,9-13H,6-7H2/t9-,10-,11+,12+/m1/s1. The van der Waals surface area contributed by atoms with Crippen molar-refractivity contribution in [3.63, 3.8) is 0 Å². The zero-order chi connectivity index (χ0) is 11.0. The quantitative estimate of drug-likeness (QED) is 0.754. The molecule has 1 aromatic carbocycles. The predicted octanol–water partition coefficient (Wildman–Crippen LogP) is 0.860.